The number of aryl methyl sites for hydroxylation is 1. The Hall–Kier alpha value is -2.81. The fraction of sp³-hybridized carbons (Fsp3) is 0.346. The predicted molar refractivity (Wildman–Crippen MR) is 120 cm³/mol. The van der Waals surface area contributed by atoms with Gasteiger partial charge in [-0.1, -0.05) is 44.2 Å². The molecule has 0 saturated heterocycles. The minimum absolute atomic E-state index is 0.00928. The van der Waals surface area contributed by atoms with Crippen LogP contribution in [0.25, 0.3) is 16.9 Å². The fourth-order valence-corrected chi connectivity index (χ4v) is 4.15. The number of hydrogen-bond donors (Lipinski definition) is 1. The summed E-state index contributed by atoms with van der Waals surface area (Å²) in [6.07, 6.45) is 5.76. The van der Waals surface area contributed by atoms with Crippen LogP contribution >= 0.6 is 0 Å². The number of nitrogens with one attached hydrogen (secondary N) is 1. The van der Waals surface area contributed by atoms with Crippen molar-refractivity contribution in [3.8, 4) is 16.9 Å². The third-order valence-electron chi connectivity index (χ3n) is 5.77. The number of carbonyl (C=O) groups is 1. The maximum atomic E-state index is 12.4. The van der Waals surface area contributed by atoms with Gasteiger partial charge in [-0.25, -0.2) is 0 Å². The number of carbonyl (C=O) groups excluding carboxylic acids is 1. The van der Waals surface area contributed by atoms with Crippen molar-refractivity contribution >= 4 is 5.91 Å². The zero-order valence-corrected chi connectivity index (χ0v) is 17.4. The first-order chi connectivity index (χ1) is 14.1. The van der Waals surface area contributed by atoms with Crippen LogP contribution < -0.4 is 5.32 Å². The summed E-state index contributed by atoms with van der Waals surface area (Å²) in [4.78, 5) is 12.4. The molecule has 0 saturated carbocycles. The van der Waals surface area contributed by atoms with Crippen LogP contribution in [0.5, 0.6) is 0 Å². The van der Waals surface area contributed by atoms with Crippen molar-refractivity contribution in [2.45, 2.75) is 46.0 Å². The number of fused-ring (bicyclic) bond motifs is 1. The predicted octanol–water partition coefficient (Wildman–Crippen LogP) is 5.80. The standard InChI is InChI=1S/C26H30N2O/c1-19(2)16-17-27-26(29)21-12-14-23(15-13-21)28-24-11-7-6-10-22(24)18-25(28)20-8-4-3-5-9-20/h3-5,8-9,12-15,18-19H,6-7,10-11,16-17H2,1-2H3,(H,27,29). The van der Waals surface area contributed by atoms with E-state index >= 15 is 0 Å². The molecule has 3 aromatic rings. The van der Waals surface area contributed by atoms with Crippen LogP contribution in [0.3, 0.4) is 0 Å². The van der Waals surface area contributed by atoms with E-state index in [0.29, 0.717) is 5.92 Å². The lowest BCUT2D eigenvalue weighted by Crippen LogP contribution is -2.25. The van der Waals surface area contributed by atoms with Crippen LogP contribution in [0.2, 0.25) is 0 Å². The number of nitrogens with zero attached hydrogens (tertiary/aromatic N) is 1. The minimum atomic E-state index is 0.00928. The Morgan fingerprint density at radius 1 is 1.00 bits per heavy atom. The Balaban J connectivity index is 1.64. The number of amides is 1. The second-order valence-corrected chi connectivity index (χ2v) is 8.40. The molecule has 0 radical (unpaired) electrons. The van der Waals surface area contributed by atoms with E-state index in [1.54, 1.807) is 0 Å². The van der Waals surface area contributed by atoms with Crippen molar-refractivity contribution in [1.29, 1.82) is 0 Å². The van der Waals surface area contributed by atoms with E-state index in [1.807, 2.05) is 12.1 Å². The molecule has 0 fully saturated rings. The zero-order chi connectivity index (χ0) is 20.2. The fourth-order valence-electron chi connectivity index (χ4n) is 4.15. The van der Waals surface area contributed by atoms with Crippen molar-refractivity contribution < 1.29 is 4.79 Å². The third-order valence-corrected chi connectivity index (χ3v) is 5.77. The highest BCUT2D eigenvalue weighted by Crippen LogP contribution is 2.33. The normalized spacial score (nSPS) is 13.3. The van der Waals surface area contributed by atoms with Crippen LogP contribution in [-0.4, -0.2) is 17.0 Å². The maximum Gasteiger partial charge on any atom is 0.251 e. The molecule has 1 aliphatic rings. The minimum Gasteiger partial charge on any atom is -0.352 e. The van der Waals surface area contributed by atoms with Gasteiger partial charge in [-0.3, -0.25) is 4.79 Å². The Labute approximate surface area is 173 Å². The molecule has 0 unspecified atom stereocenters. The highest BCUT2D eigenvalue weighted by Gasteiger charge is 2.20. The highest BCUT2D eigenvalue weighted by atomic mass is 16.1. The molecule has 150 valence electrons. The number of rotatable bonds is 6. The first-order valence-electron chi connectivity index (χ1n) is 10.8. The molecule has 0 atom stereocenters. The van der Waals surface area contributed by atoms with Crippen LogP contribution in [0.1, 0.15) is 54.7 Å². The molecule has 0 bridgehead atoms. The lowest BCUT2D eigenvalue weighted by atomic mass is 9.98. The van der Waals surface area contributed by atoms with Crippen LogP contribution in [0.15, 0.2) is 60.7 Å². The monoisotopic (exact) mass is 386 g/mol. The summed E-state index contributed by atoms with van der Waals surface area (Å²) >= 11 is 0. The SMILES string of the molecule is CC(C)CCNC(=O)c1ccc(-n2c(-c3ccccc3)cc3c2CCCC3)cc1. The Bertz CT molecular complexity index is 968. The number of hydrogen-bond acceptors (Lipinski definition) is 1. The average Bonchev–Trinajstić information content (AvgIpc) is 3.14. The summed E-state index contributed by atoms with van der Waals surface area (Å²) in [5, 5.41) is 3.03. The lowest BCUT2D eigenvalue weighted by Gasteiger charge is -2.18. The van der Waals surface area contributed by atoms with Crippen molar-refractivity contribution in [1.82, 2.24) is 9.88 Å². The van der Waals surface area contributed by atoms with Crippen molar-refractivity contribution in [3.05, 3.63) is 77.5 Å². The van der Waals surface area contributed by atoms with Gasteiger partial charge in [-0.05, 0) is 79.5 Å². The van der Waals surface area contributed by atoms with Crippen LogP contribution in [0.4, 0.5) is 0 Å². The molecule has 1 aliphatic carbocycles. The van der Waals surface area contributed by atoms with Gasteiger partial charge in [0.25, 0.3) is 5.91 Å². The molecule has 0 spiro atoms. The molecule has 1 N–H and O–H groups in total. The Kier molecular flexibility index (Phi) is 5.84. The number of benzene rings is 2. The lowest BCUT2D eigenvalue weighted by molar-refractivity contribution is 0.0952. The topological polar surface area (TPSA) is 34.0 Å². The maximum absolute atomic E-state index is 12.4. The summed E-state index contributed by atoms with van der Waals surface area (Å²) in [5.74, 6) is 0.601. The van der Waals surface area contributed by atoms with E-state index in [2.05, 4.69) is 72.3 Å². The molecule has 0 aliphatic heterocycles. The van der Waals surface area contributed by atoms with Crippen molar-refractivity contribution in [2.24, 2.45) is 5.92 Å². The van der Waals surface area contributed by atoms with Gasteiger partial charge < -0.3 is 9.88 Å². The van der Waals surface area contributed by atoms with E-state index in [0.717, 1.165) is 37.1 Å². The van der Waals surface area contributed by atoms with Gasteiger partial charge >= 0.3 is 0 Å². The molecule has 4 rings (SSSR count). The van der Waals surface area contributed by atoms with Gasteiger partial charge in [0, 0.05) is 23.5 Å². The molecule has 3 nitrogen and oxygen atoms in total. The summed E-state index contributed by atoms with van der Waals surface area (Å²) in [6, 6.07) is 21.0. The second-order valence-electron chi connectivity index (χ2n) is 8.40. The third kappa shape index (κ3) is 4.29. The van der Waals surface area contributed by atoms with Crippen molar-refractivity contribution in [3.63, 3.8) is 0 Å². The molecular formula is C26H30N2O. The molecule has 3 heteroatoms. The average molecular weight is 387 g/mol. The molecule has 2 aromatic carbocycles. The molecule has 1 aromatic heterocycles. The van der Waals surface area contributed by atoms with E-state index in [4.69, 9.17) is 0 Å². The molecule has 1 heterocycles. The Morgan fingerprint density at radius 3 is 2.45 bits per heavy atom. The summed E-state index contributed by atoms with van der Waals surface area (Å²) in [5.41, 5.74) is 7.21. The quantitative estimate of drug-likeness (QED) is 0.571. The molecule has 29 heavy (non-hydrogen) atoms. The largest absolute Gasteiger partial charge is 0.352 e. The smallest absolute Gasteiger partial charge is 0.251 e. The van der Waals surface area contributed by atoms with Crippen LogP contribution in [-0.2, 0) is 12.8 Å². The van der Waals surface area contributed by atoms with Gasteiger partial charge in [0.2, 0.25) is 0 Å². The highest BCUT2D eigenvalue weighted by molar-refractivity contribution is 5.94. The summed E-state index contributed by atoms with van der Waals surface area (Å²) < 4.78 is 2.39. The summed E-state index contributed by atoms with van der Waals surface area (Å²) in [6.45, 7) is 5.06. The van der Waals surface area contributed by atoms with Gasteiger partial charge in [-0.15, -0.1) is 0 Å². The van der Waals surface area contributed by atoms with Gasteiger partial charge in [0.05, 0.1) is 5.69 Å². The first-order valence-corrected chi connectivity index (χ1v) is 10.8. The number of aromatic nitrogens is 1. The van der Waals surface area contributed by atoms with E-state index in [9.17, 15) is 4.79 Å². The summed E-state index contributed by atoms with van der Waals surface area (Å²) in [7, 11) is 0. The van der Waals surface area contributed by atoms with Crippen LogP contribution in [0, 0.1) is 5.92 Å². The molecular weight excluding hydrogens is 356 g/mol. The van der Waals surface area contributed by atoms with Gasteiger partial charge in [0.1, 0.15) is 0 Å². The van der Waals surface area contributed by atoms with E-state index < -0.39 is 0 Å². The van der Waals surface area contributed by atoms with Gasteiger partial charge in [-0.2, -0.15) is 0 Å². The van der Waals surface area contributed by atoms with E-state index in [1.165, 1.54) is 35.4 Å². The second kappa shape index (κ2) is 8.69. The van der Waals surface area contributed by atoms with Crippen molar-refractivity contribution in [2.75, 3.05) is 6.54 Å². The zero-order valence-electron chi connectivity index (χ0n) is 17.4. The first kappa shape index (κ1) is 19.5. The van der Waals surface area contributed by atoms with E-state index in [-0.39, 0.29) is 5.91 Å². The Morgan fingerprint density at radius 2 is 1.72 bits per heavy atom. The molecule has 1 amide bonds. The van der Waals surface area contributed by atoms with Gasteiger partial charge in [0.15, 0.2) is 0 Å².